The van der Waals surface area contributed by atoms with Gasteiger partial charge < -0.3 is 15.0 Å². The fraction of sp³-hybridized carbons (Fsp3) is 0.522. The Labute approximate surface area is 225 Å². The molecule has 220 valence electrons. The van der Waals surface area contributed by atoms with Crippen LogP contribution in [0.25, 0.3) is 0 Å². The maximum atomic E-state index is 13.3. The Morgan fingerprint density at radius 1 is 0.975 bits per heavy atom. The molecule has 4 rings (SSSR count). The van der Waals surface area contributed by atoms with Crippen molar-refractivity contribution in [2.24, 2.45) is 0 Å². The van der Waals surface area contributed by atoms with Gasteiger partial charge in [-0.05, 0) is 37.8 Å². The van der Waals surface area contributed by atoms with Gasteiger partial charge in [0, 0.05) is 50.0 Å². The number of aromatic nitrogens is 1. The summed E-state index contributed by atoms with van der Waals surface area (Å²) in [6.45, 7) is -0.585. The smallest absolute Gasteiger partial charge is 0.489 e. The molecule has 0 atom stereocenters. The molecular weight excluding hydrogens is 572 g/mol. The summed E-state index contributed by atoms with van der Waals surface area (Å²) in [5.41, 5.74) is -7.00. The highest BCUT2D eigenvalue weighted by Crippen LogP contribution is 2.38. The van der Waals surface area contributed by atoms with Crippen LogP contribution in [0.15, 0.2) is 36.7 Å². The van der Waals surface area contributed by atoms with Gasteiger partial charge >= 0.3 is 21.7 Å². The number of sulfonamides is 1. The Morgan fingerprint density at radius 3 is 2.20 bits per heavy atom. The number of halogens is 6. The lowest BCUT2D eigenvalue weighted by Crippen LogP contribution is -2.52. The third-order valence-corrected chi connectivity index (χ3v) is 8.41. The maximum Gasteiger partial charge on any atom is 0.511 e. The number of nitro benzene ring substituents is 1. The summed E-state index contributed by atoms with van der Waals surface area (Å²) >= 11 is 0. The number of rotatable bonds is 7. The zero-order valence-corrected chi connectivity index (χ0v) is 21.6. The number of nitrogens with zero attached hydrogens (tertiary/aromatic N) is 4. The van der Waals surface area contributed by atoms with Crippen molar-refractivity contribution in [1.82, 2.24) is 9.29 Å². The molecule has 0 spiro atoms. The molecule has 2 aromatic rings. The van der Waals surface area contributed by atoms with Gasteiger partial charge in [0.2, 0.25) is 0 Å². The standard InChI is InChI=1S/C23H25F6N5O5S/c24-22(25,26)20-11-16(3-6-21(20)34(35)36)31-15-1-4-18(5-2-15)39-19-12-17(13-30-14-19)32-7-9-33(10-8-32)40(37,38)23(27,28)29/h3,6,11-15,18,31H,1-2,4-5,7-10H2/t15-,18-. The molecule has 0 radical (unpaired) electrons. The number of anilines is 2. The van der Waals surface area contributed by atoms with Crippen molar-refractivity contribution < 1.29 is 44.4 Å². The van der Waals surface area contributed by atoms with Crippen molar-refractivity contribution in [3.05, 3.63) is 52.3 Å². The summed E-state index contributed by atoms with van der Waals surface area (Å²) in [6, 6.07) is 4.30. The van der Waals surface area contributed by atoms with Crippen LogP contribution in [-0.4, -0.2) is 66.5 Å². The number of alkyl halides is 6. The van der Waals surface area contributed by atoms with E-state index in [4.69, 9.17) is 4.74 Å². The van der Waals surface area contributed by atoms with E-state index in [1.165, 1.54) is 18.5 Å². The minimum Gasteiger partial charge on any atom is -0.489 e. The molecule has 0 amide bonds. The number of piperazine rings is 1. The Morgan fingerprint density at radius 2 is 1.62 bits per heavy atom. The second-order valence-corrected chi connectivity index (χ2v) is 11.4. The monoisotopic (exact) mass is 597 g/mol. The minimum absolute atomic E-state index is 0.0376. The molecule has 2 fully saturated rings. The van der Waals surface area contributed by atoms with E-state index in [0.29, 0.717) is 41.4 Å². The number of nitrogens with one attached hydrogen (secondary N) is 1. The van der Waals surface area contributed by atoms with Crippen molar-refractivity contribution in [1.29, 1.82) is 0 Å². The van der Waals surface area contributed by atoms with E-state index in [2.05, 4.69) is 10.3 Å². The van der Waals surface area contributed by atoms with Crippen molar-refractivity contribution in [3.63, 3.8) is 0 Å². The molecule has 1 aromatic carbocycles. The molecule has 1 saturated heterocycles. The summed E-state index contributed by atoms with van der Waals surface area (Å²) in [7, 11) is -5.39. The third-order valence-electron chi connectivity index (χ3n) is 6.78. The first-order chi connectivity index (χ1) is 18.6. The summed E-state index contributed by atoms with van der Waals surface area (Å²) in [5, 5.41) is 14.0. The highest BCUT2D eigenvalue weighted by Gasteiger charge is 2.50. The SMILES string of the molecule is O=[N+]([O-])c1ccc(N[C@H]2CC[C@H](Oc3cncc(N4CCN(S(=O)(=O)C(F)(F)F)CC4)c3)CC2)cc1C(F)(F)F. The Kier molecular flexibility index (Phi) is 8.35. The van der Waals surface area contributed by atoms with Gasteiger partial charge in [-0.2, -0.15) is 30.6 Å². The van der Waals surface area contributed by atoms with Crippen LogP contribution in [0.3, 0.4) is 0 Å². The summed E-state index contributed by atoms with van der Waals surface area (Å²) in [4.78, 5) is 15.7. The molecular formula is C23H25F6N5O5S. The van der Waals surface area contributed by atoms with E-state index in [1.807, 2.05) is 0 Å². The van der Waals surface area contributed by atoms with Crippen molar-refractivity contribution in [2.75, 3.05) is 36.4 Å². The van der Waals surface area contributed by atoms with Crippen LogP contribution in [0.2, 0.25) is 0 Å². The Hall–Kier alpha value is -3.34. The molecule has 1 aliphatic carbocycles. The molecule has 17 heteroatoms. The van der Waals surface area contributed by atoms with Gasteiger partial charge in [0.25, 0.3) is 5.69 Å². The molecule has 2 aliphatic rings. The van der Waals surface area contributed by atoms with Crippen molar-refractivity contribution >= 4 is 27.1 Å². The maximum absolute atomic E-state index is 13.3. The van der Waals surface area contributed by atoms with E-state index in [1.54, 1.807) is 11.0 Å². The lowest BCUT2D eigenvalue weighted by molar-refractivity contribution is -0.388. The van der Waals surface area contributed by atoms with Gasteiger partial charge in [-0.3, -0.25) is 15.1 Å². The van der Waals surface area contributed by atoms with Gasteiger partial charge in [0.05, 0.1) is 29.1 Å². The molecule has 1 saturated carbocycles. The molecule has 1 aromatic heterocycles. The molecule has 1 aliphatic heterocycles. The summed E-state index contributed by atoms with van der Waals surface area (Å²) in [6.07, 6.45) is 0.144. The lowest BCUT2D eigenvalue weighted by atomic mass is 9.92. The van der Waals surface area contributed by atoms with E-state index < -0.39 is 37.9 Å². The molecule has 0 unspecified atom stereocenters. The minimum atomic E-state index is -5.39. The average molecular weight is 598 g/mol. The molecule has 0 bridgehead atoms. The van der Waals surface area contributed by atoms with Gasteiger partial charge in [0.15, 0.2) is 0 Å². The summed E-state index contributed by atoms with van der Waals surface area (Å²) < 4.78 is 108. The lowest BCUT2D eigenvalue weighted by Gasteiger charge is -2.35. The fourth-order valence-corrected chi connectivity index (χ4v) is 5.68. The molecule has 10 nitrogen and oxygen atoms in total. The van der Waals surface area contributed by atoms with Crippen LogP contribution in [0.5, 0.6) is 5.75 Å². The predicted octanol–water partition coefficient (Wildman–Crippen LogP) is 4.78. The zero-order valence-electron chi connectivity index (χ0n) is 20.8. The van der Waals surface area contributed by atoms with Crippen LogP contribution in [0.4, 0.5) is 43.4 Å². The van der Waals surface area contributed by atoms with E-state index in [9.17, 15) is 44.9 Å². The highest BCUT2D eigenvalue weighted by molar-refractivity contribution is 7.90. The van der Waals surface area contributed by atoms with E-state index in [0.717, 1.165) is 12.1 Å². The van der Waals surface area contributed by atoms with Crippen molar-refractivity contribution in [2.45, 2.75) is 49.5 Å². The van der Waals surface area contributed by atoms with Crippen LogP contribution >= 0.6 is 0 Å². The Bertz CT molecular complexity index is 1320. The van der Waals surface area contributed by atoms with Gasteiger partial charge in [-0.15, -0.1) is 0 Å². The van der Waals surface area contributed by atoms with Crippen molar-refractivity contribution in [3.8, 4) is 5.75 Å². The number of nitro groups is 1. The number of hydrogen-bond acceptors (Lipinski definition) is 8. The number of ether oxygens (including phenoxy) is 1. The topological polar surface area (TPSA) is 118 Å². The third kappa shape index (κ3) is 6.68. The van der Waals surface area contributed by atoms with Gasteiger partial charge in [-0.25, -0.2) is 8.42 Å². The quantitative estimate of drug-likeness (QED) is 0.275. The second kappa shape index (κ2) is 11.3. The predicted molar refractivity (Wildman–Crippen MR) is 131 cm³/mol. The number of pyridine rings is 1. The van der Waals surface area contributed by atoms with Crippen LogP contribution < -0.4 is 15.0 Å². The van der Waals surface area contributed by atoms with Crippen LogP contribution in [0, 0.1) is 10.1 Å². The molecule has 40 heavy (non-hydrogen) atoms. The first-order valence-electron chi connectivity index (χ1n) is 12.2. The summed E-state index contributed by atoms with van der Waals surface area (Å²) in [5.74, 6) is 0.421. The highest BCUT2D eigenvalue weighted by atomic mass is 32.2. The fourth-order valence-electron chi connectivity index (χ4n) is 4.74. The number of hydrogen-bond donors (Lipinski definition) is 1. The zero-order chi connectivity index (χ0) is 29.3. The number of benzene rings is 1. The first kappa shape index (κ1) is 29.6. The average Bonchev–Trinajstić information content (AvgIpc) is 2.89. The van der Waals surface area contributed by atoms with Gasteiger partial charge in [-0.1, -0.05) is 0 Å². The normalized spacial score (nSPS) is 21.2. The molecule has 2 heterocycles. The first-order valence-corrected chi connectivity index (χ1v) is 13.6. The molecule has 1 N–H and O–H groups in total. The largest absolute Gasteiger partial charge is 0.511 e. The van der Waals surface area contributed by atoms with Gasteiger partial charge in [0.1, 0.15) is 11.3 Å². The van der Waals surface area contributed by atoms with Crippen LogP contribution in [-0.2, 0) is 16.2 Å². The Balaban J connectivity index is 1.31. The second-order valence-electron chi connectivity index (χ2n) is 9.44. The van der Waals surface area contributed by atoms with E-state index >= 15 is 0 Å². The van der Waals surface area contributed by atoms with E-state index in [-0.39, 0.29) is 44.0 Å². The van der Waals surface area contributed by atoms with Crippen LogP contribution in [0.1, 0.15) is 31.2 Å².